The number of hydrogen-bond donors (Lipinski definition) is 0. The zero-order valence-electron chi connectivity index (χ0n) is 34.2. The lowest BCUT2D eigenvalue weighted by Crippen LogP contribution is -2.55. The molecule has 0 rings (SSSR count). The highest BCUT2D eigenvalue weighted by molar-refractivity contribution is 5.70. The number of rotatable bonds is 37. The largest absolute Gasteiger partial charge is 0.544 e. The first-order valence-corrected chi connectivity index (χ1v) is 21.0. The van der Waals surface area contributed by atoms with Crippen LogP contribution < -0.4 is 5.11 Å². The van der Waals surface area contributed by atoms with Crippen LogP contribution in [0.1, 0.15) is 174 Å². The third-order valence-corrected chi connectivity index (χ3v) is 9.26. The molecule has 0 N–H and O–H groups in total. The van der Waals surface area contributed by atoms with Crippen molar-refractivity contribution in [2.75, 3.05) is 41.0 Å². The van der Waals surface area contributed by atoms with Crippen molar-refractivity contribution in [1.29, 1.82) is 0 Å². The van der Waals surface area contributed by atoms with Gasteiger partial charge in [0.15, 0.2) is 6.10 Å². The minimum atomic E-state index is -1.13. The summed E-state index contributed by atoms with van der Waals surface area (Å²) in [5, 5.41) is 11.6. The molecule has 0 spiro atoms. The zero-order chi connectivity index (χ0) is 38.5. The molecule has 52 heavy (non-hydrogen) atoms. The van der Waals surface area contributed by atoms with Gasteiger partial charge in [-0.1, -0.05) is 127 Å². The second-order valence-corrected chi connectivity index (χ2v) is 15.2. The average molecular weight is 734 g/mol. The van der Waals surface area contributed by atoms with Crippen LogP contribution in [-0.2, 0) is 28.6 Å². The van der Waals surface area contributed by atoms with Crippen LogP contribution in [0.2, 0.25) is 0 Å². The molecular weight excluding hydrogens is 654 g/mol. The number of unbranched alkanes of at least 4 members (excludes halogenated alkanes) is 17. The van der Waals surface area contributed by atoms with E-state index >= 15 is 0 Å². The number of ether oxygens (including phenoxy) is 3. The molecule has 0 aromatic carbocycles. The fourth-order valence-electron chi connectivity index (χ4n) is 5.98. The first-order chi connectivity index (χ1) is 25.1. The molecule has 2 atom stereocenters. The van der Waals surface area contributed by atoms with E-state index in [0.29, 0.717) is 12.8 Å². The van der Waals surface area contributed by atoms with Crippen molar-refractivity contribution in [3.05, 3.63) is 36.5 Å². The fourth-order valence-corrected chi connectivity index (χ4v) is 5.98. The van der Waals surface area contributed by atoms with Gasteiger partial charge in [0.05, 0.1) is 40.3 Å². The minimum Gasteiger partial charge on any atom is -0.544 e. The summed E-state index contributed by atoms with van der Waals surface area (Å²) in [7, 11) is 5.39. The Morgan fingerprint density at radius 3 is 1.63 bits per heavy atom. The second kappa shape index (κ2) is 35.6. The predicted molar refractivity (Wildman–Crippen MR) is 213 cm³/mol. The van der Waals surface area contributed by atoms with Gasteiger partial charge in [-0.15, -0.1) is 0 Å². The van der Waals surface area contributed by atoms with Crippen molar-refractivity contribution in [2.45, 2.75) is 187 Å². The number of aliphatic carboxylic acids is 1. The third kappa shape index (κ3) is 33.4. The van der Waals surface area contributed by atoms with Gasteiger partial charge in [0, 0.05) is 19.3 Å². The van der Waals surface area contributed by atoms with E-state index in [4.69, 9.17) is 14.2 Å². The van der Waals surface area contributed by atoms with Crippen LogP contribution in [0.25, 0.3) is 0 Å². The number of hydrogen-bond acceptors (Lipinski definition) is 7. The van der Waals surface area contributed by atoms with Gasteiger partial charge in [0.1, 0.15) is 12.6 Å². The first-order valence-electron chi connectivity index (χ1n) is 21.0. The van der Waals surface area contributed by atoms with Crippen LogP contribution in [0.4, 0.5) is 0 Å². The molecule has 0 bridgehead atoms. The molecule has 8 heteroatoms. The number of quaternary nitrogens is 1. The quantitative estimate of drug-likeness (QED) is 0.0271. The SMILES string of the molecule is CC/C=C/C/C=C/CCCCC(=O)OCC(COCCC(C(=O)[O-])[N+](C)(C)C)OC(=O)CCCCCCCCC/C=C/CCCCCCCCCC. The molecule has 0 aliphatic rings. The van der Waals surface area contributed by atoms with E-state index in [1.54, 1.807) is 21.1 Å². The van der Waals surface area contributed by atoms with Crippen LogP contribution in [0.15, 0.2) is 36.5 Å². The Kier molecular flexibility index (Phi) is 33.9. The van der Waals surface area contributed by atoms with Crippen molar-refractivity contribution in [3.63, 3.8) is 0 Å². The molecule has 0 heterocycles. The van der Waals surface area contributed by atoms with Crippen LogP contribution in [0.5, 0.6) is 0 Å². The van der Waals surface area contributed by atoms with Gasteiger partial charge in [0.25, 0.3) is 0 Å². The number of carbonyl (C=O) groups is 3. The second-order valence-electron chi connectivity index (χ2n) is 15.2. The molecule has 0 aromatic rings. The van der Waals surface area contributed by atoms with Gasteiger partial charge >= 0.3 is 11.9 Å². The first kappa shape index (κ1) is 49.6. The standard InChI is InChI=1S/C44H79NO7/c1-6-8-10-12-14-16-17-18-19-20-21-22-23-24-25-27-29-31-33-35-43(47)52-40(38-50-37-36-41(44(48)49)45(3,4)5)39-51-42(46)34-32-30-28-26-15-13-11-9-7-2/h9,11,15,20-21,26,40-41H,6-8,10,12-14,16-19,22-25,27-39H2,1-5H3/b11-9+,21-20+,26-15+. The summed E-state index contributed by atoms with van der Waals surface area (Å²) in [4.78, 5) is 36.7. The van der Waals surface area contributed by atoms with Gasteiger partial charge < -0.3 is 28.6 Å². The minimum absolute atomic E-state index is 0.0294. The molecule has 8 nitrogen and oxygen atoms in total. The van der Waals surface area contributed by atoms with Gasteiger partial charge in [-0.25, -0.2) is 0 Å². The van der Waals surface area contributed by atoms with E-state index in [2.05, 4.69) is 50.3 Å². The molecule has 2 unspecified atom stereocenters. The summed E-state index contributed by atoms with van der Waals surface area (Å²) in [6.45, 7) is 4.49. The summed E-state index contributed by atoms with van der Waals surface area (Å²) in [5.41, 5.74) is 0. The Labute approximate surface area is 319 Å². The summed E-state index contributed by atoms with van der Waals surface area (Å²) < 4.78 is 17.1. The number of nitrogens with zero attached hydrogens (tertiary/aromatic N) is 1. The van der Waals surface area contributed by atoms with E-state index < -0.39 is 18.1 Å². The van der Waals surface area contributed by atoms with Crippen LogP contribution >= 0.6 is 0 Å². The number of likely N-dealkylation sites (N-methyl/N-ethyl adjacent to an activating group) is 1. The van der Waals surface area contributed by atoms with Crippen molar-refractivity contribution in [3.8, 4) is 0 Å². The normalized spacial score (nSPS) is 13.3. The Morgan fingerprint density at radius 1 is 0.596 bits per heavy atom. The van der Waals surface area contributed by atoms with Crippen molar-refractivity contribution in [1.82, 2.24) is 0 Å². The average Bonchev–Trinajstić information content (AvgIpc) is 3.09. The number of carboxylic acid groups (broad SMARTS) is 1. The third-order valence-electron chi connectivity index (χ3n) is 9.26. The van der Waals surface area contributed by atoms with Crippen molar-refractivity contribution < 1.29 is 38.2 Å². The molecular formula is C44H79NO7. The molecule has 0 amide bonds. The summed E-state index contributed by atoms with van der Waals surface area (Å²) in [6, 6.07) is -0.729. The molecule has 0 aliphatic carbocycles. The highest BCUT2D eigenvalue weighted by atomic mass is 16.6. The van der Waals surface area contributed by atoms with Crippen molar-refractivity contribution >= 4 is 17.9 Å². The number of carboxylic acids is 1. The summed E-state index contributed by atoms with van der Waals surface area (Å²) >= 11 is 0. The molecule has 0 saturated heterocycles. The molecule has 0 saturated carbocycles. The molecule has 302 valence electrons. The number of allylic oxidation sites excluding steroid dienone is 6. The summed E-state index contributed by atoms with van der Waals surface area (Å²) in [6.07, 6.45) is 39.0. The van der Waals surface area contributed by atoms with E-state index in [0.717, 1.165) is 51.4 Å². The number of esters is 2. The van der Waals surface area contributed by atoms with Crippen LogP contribution in [0, 0.1) is 0 Å². The van der Waals surface area contributed by atoms with Crippen LogP contribution in [-0.4, -0.2) is 75.5 Å². The lowest BCUT2D eigenvalue weighted by molar-refractivity contribution is -0.889. The van der Waals surface area contributed by atoms with Crippen LogP contribution in [0.3, 0.4) is 0 Å². The van der Waals surface area contributed by atoms with Gasteiger partial charge in [-0.05, 0) is 64.2 Å². The zero-order valence-corrected chi connectivity index (χ0v) is 34.2. The smallest absolute Gasteiger partial charge is 0.306 e. The van der Waals surface area contributed by atoms with Crippen molar-refractivity contribution in [2.24, 2.45) is 0 Å². The van der Waals surface area contributed by atoms with E-state index in [-0.39, 0.29) is 42.7 Å². The van der Waals surface area contributed by atoms with Gasteiger partial charge in [-0.2, -0.15) is 0 Å². The van der Waals surface area contributed by atoms with Gasteiger partial charge in [-0.3, -0.25) is 9.59 Å². The Morgan fingerprint density at radius 2 is 1.08 bits per heavy atom. The van der Waals surface area contributed by atoms with E-state index in [1.807, 2.05) is 0 Å². The molecule has 0 aromatic heterocycles. The Hall–Kier alpha value is -2.45. The summed E-state index contributed by atoms with van der Waals surface area (Å²) in [5.74, 6) is -1.79. The Bertz CT molecular complexity index is 953. The highest BCUT2D eigenvalue weighted by Crippen LogP contribution is 2.14. The molecule has 0 aliphatic heterocycles. The monoisotopic (exact) mass is 734 g/mol. The number of carbonyl (C=O) groups excluding carboxylic acids is 3. The van der Waals surface area contributed by atoms with E-state index in [1.165, 1.54) is 89.9 Å². The fraction of sp³-hybridized carbons (Fsp3) is 0.795. The topological polar surface area (TPSA) is 102 Å². The molecule has 0 radical (unpaired) electrons. The maximum Gasteiger partial charge on any atom is 0.306 e. The predicted octanol–water partition coefficient (Wildman–Crippen LogP) is 9.74. The lowest BCUT2D eigenvalue weighted by Gasteiger charge is -2.34. The molecule has 0 fully saturated rings. The van der Waals surface area contributed by atoms with E-state index in [9.17, 15) is 19.5 Å². The highest BCUT2D eigenvalue weighted by Gasteiger charge is 2.25. The lowest BCUT2D eigenvalue weighted by atomic mass is 10.1. The Balaban J connectivity index is 4.31. The maximum absolute atomic E-state index is 12.7. The van der Waals surface area contributed by atoms with Gasteiger partial charge in [0.2, 0.25) is 0 Å². The maximum atomic E-state index is 12.7.